The van der Waals surface area contributed by atoms with E-state index in [1.54, 1.807) is 6.20 Å². The first kappa shape index (κ1) is 17.9. The lowest BCUT2D eigenvalue weighted by molar-refractivity contribution is -0.132. The summed E-state index contributed by atoms with van der Waals surface area (Å²) < 4.78 is 1.92. The summed E-state index contributed by atoms with van der Waals surface area (Å²) in [7, 11) is 0. The van der Waals surface area contributed by atoms with Crippen LogP contribution in [-0.2, 0) is 9.59 Å². The van der Waals surface area contributed by atoms with E-state index < -0.39 is 11.9 Å². The Kier molecular flexibility index (Phi) is 5.28. The van der Waals surface area contributed by atoms with Crippen molar-refractivity contribution in [3.63, 3.8) is 0 Å². The molecule has 1 aromatic heterocycles. The van der Waals surface area contributed by atoms with Gasteiger partial charge in [0.15, 0.2) is 0 Å². The van der Waals surface area contributed by atoms with Crippen LogP contribution in [0, 0.1) is 0 Å². The Morgan fingerprint density at radius 2 is 1.33 bits per heavy atom. The summed E-state index contributed by atoms with van der Waals surface area (Å²) >= 11 is 0. The lowest BCUT2D eigenvalue weighted by Crippen LogP contribution is -1.96. The second-order valence-corrected chi connectivity index (χ2v) is 5.68. The Labute approximate surface area is 155 Å². The molecule has 0 saturated carbocycles. The lowest BCUT2D eigenvalue weighted by Gasteiger charge is -2.09. The maximum atomic E-state index is 10.6. The molecule has 0 spiro atoms. The summed E-state index contributed by atoms with van der Waals surface area (Å²) in [6.45, 7) is 0. The molecular formula is C21H16N2O4. The smallest absolute Gasteiger partial charge is 0.328 e. The van der Waals surface area contributed by atoms with Gasteiger partial charge < -0.3 is 10.2 Å². The topological polar surface area (TPSA) is 92.4 Å². The number of aliphatic carboxylic acids is 2. The van der Waals surface area contributed by atoms with Crippen molar-refractivity contribution in [3.8, 4) is 17.1 Å². The Balaban J connectivity index is 1.85. The second-order valence-electron chi connectivity index (χ2n) is 5.68. The zero-order valence-corrected chi connectivity index (χ0v) is 14.2. The van der Waals surface area contributed by atoms with Gasteiger partial charge in [-0.1, -0.05) is 36.4 Å². The van der Waals surface area contributed by atoms with E-state index in [1.807, 2.05) is 59.3 Å². The van der Waals surface area contributed by atoms with Crippen molar-refractivity contribution in [2.45, 2.75) is 0 Å². The zero-order chi connectivity index (χ0) is 19.2. The van der Waals surface area contributed by atoms with Crippen LogP contribution in [0.2, 0.25) is 0 Å². The fourth-order valence-electron chi connectivity index (χ4n) is 2.55. The largest absolute Gasteiger partial charge is 0.478 e. The van der Waals surface area contributed by atoms with Crippen LogP contribution < -0.4 is 0 Å². The second kappa shape index (κ2) is 7.97. The third-order valence-electron chi connectivity index (χ3n) is 3.82. The fraction of sp³-hybridized carbons (Fsp3) is 0. The van der Waals surface area contributed by atoms with Crippen LogP contribution in [0.15, 0.2) is 73.1 Å². The van der Waals surface area contributed by atoms with Gasteiger partial charge in [0.1, 0.15) is 5.82 Å². The van der Waals surface area contributed by atoms with Crippen LogP contribution in [0.1, 0.15) is 11.1 Å². The highest BCUT2D eigenvalue weighted by Gasteiger charge is 2.07. The van der Waals surface area contributed by atoms with Gasteiger partial charge in [-0.3, -0.25) is 4.57 Å². The Hall–Kier alpha value is -3.93. The number of imidazole rings is 1. The van der Waals surface area contributed by atoms with Crippen molar-refractivity contribution in [3.05, 3.63) is 84.2 Å². The number of carboxylic acids is 2. The molecule has 2 aromatic carbocycles. The molecule has 0 bridgehead atoms. The SMILES string of the molecule is O=C(O)C=Cc1ccc(-c2nccn2-c2ccc(C=CC(=O)O)cc2)cc1. The molecule has 0 atom stereocenters. The van der Waals surface area contributed by atoms with Crippen LogP contribution in [-0.4, -0.2) is 31.7 Å². The highest BCUT2D eigenvalue weighted by atomic mass is 16.4. The number of aromatic nitrogens is 2. The van der Waals surface area contributed by atoms with Crippen molar-refractivity contribution in [2.24, 2.45) is 0 Å². The number of hydrogen-bond acceptors (Lipinski definition) is 3. The van der Waals surface area contributed by atoms with E-state index in [0.717, 1.165) is 40.4 Å². The number of carbonyl (C=O) groups is 2. The molecule has 0 saturated heterocycles. The van der Waals surface area contributed by atoms with Gasteiger partial charge in [-0.05, 0) is 35.4 Å². The molecule has 0 fully saturated rings. The Morgan fingerprint density at radius 1 is 0.815 bits per heavy atom. The van der Waals surface area contributed by atoms with E-state index in [2.05, 4.69) is 4.98 Å². The average molecular weight is 360 g/mol. The van der Waals surface area contributed by atoms with E-state index in [-0.39, 0.29) is 0 Å². The molecule has 0 radical (unpaired) electrons. The van der Waals surface area contributed by atoms with E-state index in [9.17, 15) is 9.59 Å². The van der Waals surface area contributed by atoms with Crippen molar-refractivity contribution in [1.29, 1.82) is 0 Å². The molecule has 27 heavy (non-hydrogen) atoms. The highest BCUT2D eigenvalue weighted by molar-refractivity contribution is 5.85. The molecule has 0 aliphatic heterocycles. The summed E-state index contributed by atoms with van der Waals surface area (Å²) in [4.78, 5) is 25.6. The summed E-state index contributed by atoms with van der Waals surface area (Å²) in [6.07, 6.45) is 8.79. The van der Waals surface area contributed by atoms with Crippen molar-refractivity contribution < 1.29 is 19.8 Å². The molecule has 3 aromatic rings. The summed E-state index contributed by atoms with van der Waals surface area (Å²) in [5.74, 6) is -1.23. The first-order chi connectivity index (χ1) is 13.0. The molecule has 1 heterocycles. The standard InChI is InChI=1S/C21H16N2O4/c24-19(25)11-5-15-1-7-17(8-2-15)21-22-13-14-23(21)18-9-3-16(4-10-18)6-12-20(26)27/h1-14H,(H,24,25)(H,26,27). The van der Waals surface area contributed by atoms with Crippen molar-refractivity contribution in [1.82, 2.24) is 9.55 Å². The first-order valence-corrected chi connectivity index (χ1v) is 8.09. The normalized spacial score (nSPS) is 11.3. The molecular weight excluding hydrogens is 344 g/mol. The Bertz CT molecular complexity index is 931. The number of rotatable bonds is 6. The van der Waals surface area contributed by atoms with E-state index in [0.29, 0.717) is 0 Å². The predicted molar refractivity (Wildman–Crippen MR) is 102 cm³/mol. The van der Waals surface area contributed by atoms with Gasteiger partial charge in [-0.25, -0.2) is 14.6 Å². The zero-order valence-electron chi connectivity index (χ0n) is 14.2. The first-order valence-electron chi connectivity index (χ1n) is 8.09. The summed E-state index contributed by atoms with van der Waals surface area (Å²) in [5, 5.41) is 17.4. The van der Waals surface area contributed by atoms with Crippen LogP contribution >= 0.6 is 0 Å². The molecule has 0 aliphatic carbocycles. The van der Waals surface area contributed by atoms with Crippen molar-refractivity contribution in [2.75, 3.05) is 0 Å². The lowest BCUT2D eigenvalue weighted by atomic mass is 10.1. The number of hydrogen-bond donors (Lipinski definition) is 2. The average Bonchev–Trinajstić information content (AvgIpc) is 3.15. The third-order valence-corrected chi connectivity index (χ3v) is 3.82. The predicted octanol–water partition coefficient (Wildman–Crippen LogP) is 3.73. The van der Waals surface area contributed by atoms with Gasteiger partial charge in [0.05, 0.1) is 0 Å². The highest BCUT2D eigenvalue weighted by Crippen LogP contribution is 2.22. The van der Waals surface area contributed by atoms with Gasteiger partial charge in [0, 0.05) is 35.8 Å². The van der Waals surface area contributed by atoms with Crippen LogP contribution in [0.5, 0.6) is 0 Å². The monoisotopic (exact) mass is 360 g/mol. The minimum absolute atomic E-state index is 0.748. The molecule has 6 heteroatoms. The van der Waals surface area contributed by atoms with Crippen LogP contribution in [0.4, 0.5) is 0 Å². The van der Waals surface area contributed by atoms with Gasteiger partial charge in [0.25, 0.3) is 0 Å². The van der Waals surface area contributed by atoms with Crippen LogP contribution in [0.3, 0.4) is 0 Å². The molecule has 0 unspecified atom stereocenters. The maximum absolute atomic E-state index is 10.6. The number of carboxylic acid groups (broad SMARTS) is 2. The number of benzene rings is 2. The minimum atomic E-state index is -0.990. The fourth-order valence-corrected chi connectivity index (χ4v) is 2.55. The quantitative estimate of drug-likeness (QED) is 0.653. The van der Waals surface area contributed by atoms with E-state index in [1.165, 1.54) is 12.2 Å². The van der Waals surface area contributed by atoms with E-state index >= 15 is 0 Å². The number of nitrogens with zero attached hydrogens (tertiary/aromatic N) is 2. The molecule has 0 amide bonds. The maximum Gasteiger partial charge on any atom is 0.328 e. The van der Waals surface area contributed by atoms with Gasteiger partial charge >= 0.3 is 11.9 Å². The molecule has 2 N–H and O–H groups in total. The molecule has 3 rings (SSSR count). The van der Waals surface area contributed by atoms with Crippen molar-refractivity contribution >= 4 is 24.1 Å². The molecule has 0 aliphatic rings. The third kappa shape index (κ3) is 4.58. The summed E-state index contributed by atoms with van der Waals surface area (Å²) in [6, 6.07) is 14.8. The van der Waals surface area contributed by atoms with Crippen LogP contribution in [0.25, 0.3) is 29.2 Å². The minimum Gasteiger partial charge on any atom is -0.478 e. The van der Waals surface area contributed by atoms with Gasteiger partial charge in [0.2, 0.25) is 0 Å². The van der Waals surface area contributed by atoms with Gasteiger partial charge in [-0.15, -0.1) is 0 Å². The van der Waals surface area contributed by atoms with Gasteiger partial charge in [-0.2, -0.15) is 0 Å². The summed E-state index contributed by atoms with van der Waals surface area (Å²) in [5.41, 5.74) is 3.36. The van der Waals surface area contributed by atoms with E-state index in [4.69, 9.17) is 10.2 Å². The molecule has 134 valence electrons. The molecule has 6 nitrogen and oxygen atoms in total. The Morgan fingerprint density at radius 3 is 1.85 bits per heavy atom.